The summed E-state index contributed by atoms with van der Waals surface area (Å²) in [6, 6.07) is 6.34. The summed E-state index contributed by atoms with van der Waals surface area (Å²) in [6.07, 6.45) is 0. The third-order valence-corrected chi connectivity index (χ3v) is 6.55. The topological polar surface area (TPSA) is 118 Å². The Morgan fingerprint density at radius 3 is 2.50 bits per heavy atom. The number of thiophene rings is 1. The minimum Gasteiger partial charge on any atom is -0.478 e. The fraction of sp³-hybridized carbons (Fsp3) is 0.250. The van der Waals surface area contributed by atoms with Crippen molar-refractivity contribution in [3.8, 4) is 11.3 Å². The summed E-state index contributed by atoms with van der Waals surface area (Å²) in [5.74, 6) is -1.58. The maximum atomic E-state index is 13.0. The molecule has 10 heteroatoms. The van der Waals surface area contributed by atoms with Gasteiger partial charge in [0.05, 0.1) is 15.7 Å². The zero-order valence-electron chi connectivity index (χ0n) is 16.3. The summed E-state index contributed by atoms with van der Waals surface area (Å²) in [5, 5.41) is 17.7. The highest BCUT2D eigenvalue weighted by Crippen LogP contribution is 2.38. The van der Waals surface area contributed by atoms with Gasteiger partial charge in [-0.25, -0.2) is 4.79 Å². The molecular weight excluding hydrogens is 449 g/mol. The van der Waals surface area contributed by atoms with E-state index >= 15 is 0 Å². The average molecular weight is 468 g/mol. The van der Waals surface area contributed by atoms with Crippen LogP contribution in [-0.2, 0) is 0 Å². The van der Waals surface area contributed by atoms with Crippen molar-refractivity contribution < 1.29 is 19.2 Å². The molecule has 0 radical (unpaired) electrons. The quantitative estimate of drug-likeness (QED) is 0.382. The van der Waals surface area contributed by atoms with Gasteiger partial charge in [0.25, 0.3) is 0 Å². The first-order chi connectivity index (χ1) is 14.1. The molecule has 1 aromatic carbocycles. The van der Waals surface area contributed by atoms with Crippen LogP contribution in [0.4, 0.5) is 10.7 Å². The summed E-state index contributed by atoms with van der Waals surface area (Å²) in [4.78, 5) is 24.8. The van der Waals surface area contributed by atoms with Crippen LogP contribution in [0.25, 0.3) is 11.3 Å². The molecule has 4 N–H and O–H groups in total. The number of rotatable bonds is 7. The number of aromatic carboxylic acids is 1. The summed E-state index contributed by atoms with van der Waals surface area (Å²) >= 11 is 12.9. The van der Waals surface area contributed by atoms with Crippen LogP contribution < -0.4 is 11.1 Å². The summed E-state index contributed by atoms with van der Waals surface area (Å²) in [7, 11) is 0. The van der Waals surface area contributed by atoms with Crippen molar-refractivity contribution in [2.75, 3.05) is 11.1 Å². The molecule has 0 spiro atoms. The maximum Gasteiger partial charge on any atom is 0.340 e. The minimum absolute atomic E-state index is 0.0179. The van der Waals surface area contributed by atoms with Gasteiger partial charge in [-0.15, -0.1) is 11.3 Å². The molecule has 0 aliphatic rings. The van der Waals surface area contributed by atoms with Crippen molar-refractivity contribution in [2.24, 2.45) is 5.92 Å². The van der Waals surface area contributed by atoms with Crippen molar-refractivity contribution in [3.63, 3.8) is 0 Å². The number of carboxylic acid groups (broad SMARTS) is 1. The van der Waals surface area contributed by atoms with Gasteiger partial charge in [0.1, 0.15) is 21.1 Å². The molecule has 1 unspecified atom stereocenters. The zero-order chi connectivity index (χ0) is 22.2. The molecule has 0 aliphatic carbocycles. The van der Waals surface area contributed by atoms with Crippen LogP contribution >= 0.6 is 34.5 Å². The number of hydrogen-bond acceptors (Lipinski definition) is 7. The SMILES string of the molecule is CC(C)C(C)Nc1sc(C(=O)c2cc(-c3ccc(Cl)c(Cl)c3)no2)c(N)c1C(=O)O. The number of nitrogens with zero attached hydrogens (tertiary/aromatic N) is 1. The number of carboxylic acids is 1. The zero-order valence-corrected chi connectivity index (χ0v) is 18.7. The first-order valence-corrected chi connectivity index (χ1v) is 10.6. The second-order valence-electron chi connectivity index (χ2n) is 7.07. The summed E-state index contributed by atoms with van der Waals surface area (Å²) in [6.45, 7) is 5.92. The number of aromatic nitrogens is 1. The number of nitrogen functional groups attached to an aromatic ring is 1. The van der Waals surface area contributed by atoms with Crippen LogP contribution in [0.3, 0.4) is 0 Å². The molecule has 158 valence electrons. The van der Waals surface area contributed by atoms with Crippen molar-refractivity contribution in [1.82, 2.24) is 5.16 Å². The van der Waals surface area contributed by atoms with E-state index in [-0.39, 0.29) is 33.8 Å². The molecule has 2 aromatic heterocycles. The molecule has 7 nitrogen and oxygen atoms in total. The predicted molar refractivity (Wildman–Crippen MR) is 119 cm³/mol. The van der Waals surface area contributed by atoms with Gasteiger partial charge in [-0.1, -0.05) is 48.3 Å². The van der Waals surface area contributed by atoms with Crippen molar-refractivity contribution >= 4 is 57.0 Å². The van der Waals surface area contributed by atoms with E-state index in [9.17, 15) is 14.7 Å². The lowest BCUT2D eigenvalue weighted by molar-refractivity contribution is 0.0699. The van der Waals surface area contributed by atoms with Gasteiger partial charge in [-0.05, 0) is 25.0 Å². The molecule has 3 rings (SSSR count). The molecular formula is C20H19Cl2N3O4S. The van der Waals surface area contributed by atoms with E-state index in [1.165, 1.54) is 6.07 Å². The predicted octanol–water partition coefficient (Wildman–Crippen LogP) is 5.68. The highest BCUT2D eigenvalue weighted by molar-refractivity contribution is 7.19. The van der Waals surface area contributed by atoms with Gasteiger partial charge in [0.2, 0.25) is 11.5 Å². The summed E-state index contributed by atoms with van der Waals surface area (Å²) < 4.78 is 5.20. The smallest absolute Gasteiger partial charge is 0.340 e. The molecule has 0 fully saturated rings. The number of nitrogens with two attached hydrogens (primary N) is 1. The van der Waals surface area contributed by atoms with E-state index in [2.05, 4.69) is 10.5 Å². The number of nitrogens with one attached hydrogen (secondary N) is 1. The van der Waals surface area contributed by atoms with Gasteiger partial charge < -0.3 is 20.7 Å². The van der Waals surface area contributed by atoms with Gasteiger partial charge >= 0.3 is 5.97 Å². The van der Waals surface area contributed by atoms with Crippen LogP contribution in [0, 0.1) is 5.92 Å². The molecule has 0 bridgehead atoms. The number of anilines is 2. The second-order valence-corrected chi connectivity index (χ2v) is 8.90. The second kappa shape index (κ2) is 8.67. The maximum absolute atomic E-state index is 13.0. The average Bonchev–Trinajstić information content (AvgIpc) is 3.28. The largest absolute Gasteiger partial charge is 0.478 e. The normalized spacial score (nSPS) is 12.2. The van der Waals surface area contributed by atoms with Crippen LogP contribution in [0.5, 0.6) is 0 Å². The lowest BCUT2D eigenvalue weighted by Gasteiger charge is -2.18. The van der Waals surface area contributed by atoms with E-state index in [1.54, 1.807) is 18.2 Å². The Hall–Kier alpha value is -2.55. The molecule has 0 saturated heterocycles. The molecule has 0 amide bonds. The third kappa shape index (κ3) is 4.30. The lowest BCUT2D eigenvalue weighted by atomic mass is 10.1. The highest BCUT2D eigenvalue weighted by Gasteiger charge is 2.29. The first-order valence-electron chi connectivity index (χ1n) is 8.99. The van der Waals surface area contributed by atoms with E-state index in [0.717, 1.165) is 11.3 Å². The monoisotopic (exact) mass is 467 g/mol. The molecule has 0 saturated carbocycles. The third-order valence-electron chi connectivity index (χ3n) is 4.67. The number of carbonyl (C=O) groups excluding carboxylic acids is 1. The Bertz CT molecular complexity index is 1120. The van der Waals surface area contributed by atoms with Gasteiger partial charge in [0, 0.05) is 17.7 Å². The molecule has 30 heavy (non-hydrogen) atoms. The van der Waals surface area contributed by atoms with E-state index in [1.807, 2.05) is 20.8 Å². The fourth-order valence-electron chi connectivity index (χ4n) is 2.59. The van der Waals surface area contributed by atoms with Crippen LogP contribution in [0.1, 0.15) is 46.6 Å². The van der Waals surface area contributed by atoms with Crippen LogP contribution in [0.2, 0.25) is 10.0 Å². The van der Waals surface area contributed by atoms with E-state index in [0.29, 0.717) is 26.3 Å². The summed E-state index contributed by atoms with van der Waals surface area (Å²) in [5.41, 5.74) is 6.79. The first kappa shape index (κ1) is 22.1. The Kier molecular flexibility index (Phi) is 6.40. The minimum atomic E-state index is -1.21. The van der Waals surface area contributed by atoms with Crippen molar-refractivity contribution in [2.45, 2.75) is 26.8 Å². The highest BCUT2D eigenvalue weighted by atomic mass is 35.5. The van der Waals surface area contributed by atoms with Crippen molar-refractivity contribution in [1.29, 1.82) is 0 Å². The number of halogens is 2. The number of carbonyl (C=O) groups is 2. The lowest BCUT2D eigenvalue weighted by Crippen LogP contribution is -2.22. The van der Waals surface area contributed by atoms with Crippen molar-refractivity contribution in [3.05, 3.63) is 50.5 Å². The van der Waals surface area contributed by atoms with E-state index < -0.39 is 11.8 Å². The molecule has 2 heterocycles. The molecule has 3 aromatic rings. The van der Waals surface area contributed by atoms with Gasteiger partial charge in [0.15, 0.2) is 0 Å². The van der Waals surface area contributed by atoms with Gasteiger partial charge in [-0.2, -0.15) is 0 Å². The standard InChI is InChI=1S/C20H19Cl2N3O4S/c1-8(2)9(3)24-19-15(20(27)28)16(23)18(30-19)17(26)14-7-13(25-29-14)10-4-5-11(21)12(22)6-10/h4-9,24H,23H2,1-3H3,(H,27,28). The van der Waals surface area contributed by atoms with E-state index in [4.69, 9.17) is 33.5 Å². The van der Waals surface area contributed by atoms with Crippen LogP contribution in [0.15, 0.2) is 28.8 Å². The van der Waals surface area contributed by atoms with Crippen LogP contribution in [-0.4, -0.2) is 28.1 Å². The number of benzene rings is 1. The Morgan fingerprint density at radius 2 is 1.90 bits per heavy atom. The number of ketones is 1. The number of hydrogen-bond donors (Lipinski definition) is 3. The molecule has 0 aliphatic heterocycles. The Morgan fingerprint density at radius 1 is 1.20 bits per heavy atom. The van der Waals surface area contributed by atoms with Gasteiger partial charge in [-0.3, -0.25) is 4.79 Å². The fourth-order valence-corrected chi connectivity index (χ4v) is 4.04. The Labute approximate surface area is 186 Å². The molecule has 1 atom stereocenters. The Balaban J connectivity index is 1.96.